The van der Waals surface area contributed by atoms with Gasteiger partial charge in [0, 0.05) is 50.7 Å². The van der Waals surface area contributed by atoms with Crippen LogP contribution in [-0.2, 0) is 47.4 Å². The van der Waals surface area contributed by atoms with Crippen molar-refractivity contribution in [1.82, 2.24) is 0 Å². The summed E-state index contributed by atoms with van der Waals surface area (Å²) in [5.41, 5.74) is 0. The Morgan fingerprint density at radius 3 is 1.06 bits per heavy atom. The molecule has 2 N–H and O–H groups in total. The molecule has 18 heavy (non-hydrogen) atoms. The third-order valence-electron chi connectivity index (χ3n) is 2.53. The standard InChI is InChI=1S/C12H22O4.Co.Mo/c13-11(14)9-7-5-3-1-2-4-6-8-10-12(15)16;;/h1-10H2,(H,13,14)(H,15,16);;. The van der Waals surface area contributed by atoms with Crippen molar-refractivity contribution in [2.75, 3.05) is 0 Å². The second-order valence-corrected chi connectivity index (χ2v) is 4.12. The number of hydrogen-bond donors (Lipinski definition) is 2. The zero-order chi connectivity index (χ0) is 12.2. The molecule has 0 amide bonds. The van der Waals surface area contributed by atoms with E-state index in [2.05, 4.69) is 0 Å². The molecule has 6 heteroatoms. The Morgan fingerprint density at radius 1 is 0.611 bits per heavy atom. The first-order valence-electron chi connectivity index (χ1n) is 6.06. The Morgan fingerprint density at radius 2 is 0.833 bits per heavy atom. The van der Waals surface area contributed by atoms with E-state index in [0.29, 0.717) is 0 Å². The number of carboxylic acids is 2. The van der Waals surface area contributed by atoms with Crippen molar-refractivity contribution in [1.29, 1.82) is 0 Å². The summed E-state index contributed by atoms with van der Waals surface area (Å²) in [6, 6.07) is 0. The van der Waals surface area contributed by atoms with Crippen LogP contribution in [0.3, 0.4) is 0 Å². The van der Waals surface area contributed by atoms with Crippen LogP contribution in [0.15, 0.2) is 0 Å². The smallest absolute Gasteiger partial charge is 0.303 e. The van der Waals surface area contributed by atoms with Crippen LogP contribution in [0.2, 0.25) is 0 Å². The fourth-order valence-corrected chi connectivity index (χ4v) is 1.61. The summed E-state index contributed by atoms with van der Waals surface area (Å²) in [6.45, 7) is 0. The van der Waals surface area contributed by atoms with Gasteiger partial charge in [-0.05, 0) is 12.8 Å². The summed E-state index contributed by atoms with van der Waals surface area (Å²) in [7, 11) is 0. The molecule has 1 radical (unpaired) electrons. The maximum absolute atomic E-state index is 10.2. The van der Waals surface area contributed by atoms with Crippen molar-refractivity contribution in [3.8, 4) is 0 Å². The second kappa shape index (κ2) is 17.1. The molecule has 0 saturated heterocycles. The largest absolute Gasteiger partial charge is 0.481 e. The van der Waals surface area contributed by atoms with Gasteiger partial charge in [-0.3, -0.25) is 9.59 Å². The van der Waals surface area contributed by atoms with E-state index in [1.807, 2.05) is 0 Å². The minimum Gasteiger partial charge on any atom is -0.481 e. The topological polar surface area (TPSA) is 74.6 Å². The van der Waals surface area contributed by atoms with Crippen LogP contribution in [-0.4, -0.2) is 22.2 Å². The van der Waals surface area contributed by atoms with E-state index in [1.54, 1.807) is 0 Å². The number of carbonyl (C=O) groups is 2. The molecule has 4 nitrogen and oxygen atoms in total. The Balaban J connectivity index is -0.00000112. The fraction of sp³-hybridized carbons (Fsp3) is 0.833. The van der Waals surface area contributed by atoms with Gasteiger partial charge in [0.25, 0.3) is 0 Å². The first kappa shape index (κ1) is 23.2. The van der Waals surface area contributed by atoms with Crippen LogP contribution < -0.4 is 0 Å². The van der Waals surface area contributed by atoms with Crippen molar-refractivity contribution >= 4 is 11.9 Å². The SMILES string of the molecule is O=C(O)CCCCCCCCCCC(=O)O.[Co].[Mo]. The summed E-state index contributed by atoms with van der Waals surface area (Å²) in [5, 5.41) is 16.8. The van der Waals surface area contributed by atoms with Gasteiger partial charge in [0.2, 0.25) is 0 Å². The van der Waals surface area contributed by atoms with Gasteiger partial charge in [-0.1, -0.05) is 38.5 Å². The van der Waals surface area contributed by atoms with E-state index in [-0.39, 0.29) is 50.7 Å². The van der Waals surface area contributed by atoms with Crippen LogP contribution in [0.1, 0.15) is 64.2 Å². The average molecular weight is 385 g/mol. The Kier molecular flexibility index (Phi) is 22.1. The number of carboxylic acid groups (broad SMARTS) is 2. The number of unbranched alkanes of at least 4 members (excludes halogenated alkanes) is 7. The molecule has 0 aromatic heterocycles. The van der Waals surface area contributed by atoms with Crippen LogP contribution in [0, 0.1) is 0 Å². The fourth-order valence-electron chi connectivity index (χ4n) is 1.61. The van der Waals surface area contributed by atoms with Gasteiger partial charge in [-0.15, -0.1) is 0 Å². The monoisotopic (exact) mass is 387 g/mol. The summed E-state index contributed by atoms with van der Waals surface area (Å²) in [5.74, 6) is -1.43. The molecule has 109 valence electrons. The van der Waals surface area contributed by atoms with Gasteiger partial charge in [-0.25, -0.2) is 0 Å². The molecule has 0 aliphatic rings. The van der Waals surface area contributed by atoms with E-state index in [9.17, 15) is 9.59 Å². The molecule has 0 atom stereocenters. The molecule has 0 unspecified atom stereocenters. The number of aliphatic carboxylic acids is 2. The Labute approximate surface area is 133 Å². The van der Waals surface area contributed by atoms with Gasteiger partial charge < -0.3 is 10.2 Å². The van der Waals surface area contributed by atoms with Gasteiger partial charge in [-0.2, -0.15) is 0 Å². The normalized spacial score (nSPS) is 9.11. The molecule has 0 aromatic carbocycles. The molecule has 0 heterocycles. The van der Waals surface area contributed by atoms with E-state index in [1.165, 1.54) is 0 Å². The molecule has 0 spiro atoms. The molecule has 0 aliphatic carbocycles. The molecular weight excluding hydrogens is 363 g/mol. The van der Waals surface area contributed by atoms with E-state index < -0.39 is 11.9 Å². The van der Waals surface area contributed by atoms with Crippen LogP contribution in [0.4, 0.5) is 0 Å². The second-order valence-electron chi connectivity index (χ2n) is 4.12. The third-order valence-corrected chi connectivity index (χ3v) is 2.53. The van der Waals surface area contributed by atoms with Crippen molar-refractivity contribution in [3.63, 3.8) is 0 Å². The summed E-state index contributed by atoms with van der Waals surface area (Å²) in [6.07, 6.45) is 8.51. The predicted molar refractivity (Wildman–Crippen MR) is 61.4 cm³/mol. The Bertz CT molecular complexity index is 190. The zero-order valence-electron chi connectivity index (χ0n) is 10.5. The van der Waals surface area contributed by atoms with Gasteiger partial charge in [0.15, 0.2) is 0 Å². The summed E-state index contributed by atoms with van der Waals surface area (Å²) < 4.78 is 0. The van der Waals surface area contributed by atoms with Crippen molar-refractivity contribution < 1.29 is 57.6 Å². The maximum Gasteiger partial charge on any atom is 0.303 e. The molecule has 0 aromatic rings. The minimum atomic E-state index is -0.714. The number of rotatable bonds is 11. The van der Waals surface area contributed by atoms with Crippen molar-refractivity contribution in [2.45, 2.75) is 64.2 Å². The Hall–Kier alpha value is 0.135. The minimum absolute atomic E-state index is 0. The molecule has 0 bridgehead atoms. The molecule has 0 aliphatic heterocycles. The number of hydrogen-bond acceptors (Lipinski definition) is 2. The van der Waals surface area contributed by atoms with Gasteiger partial charge >= 0.3 is 11.9 Å². The summed E-state index contributed by atoms with van der Waals surface area (Å²) >= 11 is 0. The maximum atomic E-state index is 10.2. The molecule has 0 saturated carbocycles. The van der Waals surface area contributed by atoms with E-state index in [0.717, 1.165) is 51.4 Å². The first-order valence-corrected chi connectivity index (χ1v) is 6.06. The molecular formula is C12H22CoMoO4. The molecule has 0 rings (SSSR count). The van der Waals surface area contributed by atoms with Crippen LogP contribution in [0.5, 0.6) is 0 Å². The summed E-state index contributed by atoms with van der Waals surface area (Å²) in [4.78, 5) is 20.4. The van der Waals surface area contributed by atoms with Crippen molar-refractivity contribution in [2.24, 2.45) is 0 Å². The van der Waals surface area contributed by atoms with Crippen LogP contribution >= 0.6 is 0 Å². The third kappa shape index (κ3) is 21.4. The van der Waals surface area contributed by atoms with Crippen LogP contribution in [0.25, 0.3) is 0 Å². The predicted octanol–water partition coefficient (Wildman–Crippen LogP) is 3.05. The van der Waals surface area contributed by atoms with E-state index in [4.69, 9.17) is 10.2 Å². The average Bonchev–Trinajstić information content (AvgIpc) is 2.20. The zero-order valence-corrected chi connectivity index (χ0v) is 13.6. The first-order chi connectivity index (χ1) is 7.63. The molecule has 0 fully saturated rings. The van der Waals surface area contributed by atoms with Gasteiger partial charge in [0.05, 0.1) is 0 Å². The van der Waals surface area contributed by atoms with Gasteiger partial charge in [0.1, 0.15) is 0 Å². The quantitative estimate of drug-likeness (QED) is 0.424. The van der Waals surface area contributed by atoms with E-state index >= 15 is 0 Å². The van der Waals surface area contributed by atoms with Crippen molar-refractivity contribution in [3.05, 3.63) is 0 Å².